The van der Waals surface area contributed by atoms with Gasteiger partial charge in [-0.3, -0.25) is 0 Å². The van der Waals surface area contributed by atoms with Crippen molar-refractivity contribution < 1.29 is 4.52 Å². The van der Waals surface area contributed by atoms with Gasteiger partial charge in [-0.05, 0) is 31.5 Å². The van der Waals surface area contributed by atoms with Crippen molar-refractivity contribution >= 4 is 27.5 Å². The Morgan fingerprint density at radius 2 is 2.22 bits per heavy atom. The molecule has 0 amide bonds. The SMILES string of the molecule is CCC(C)(N)c1noc(-c2cc(Br)ccc2Cl)n1. The highest BCUT2D eigenvalue weighted by molar-refractivity contribution is 9.10. The molecule has 6 heteroatoms. The molecule has 0 radical (unpaired) electrons. The number of rotatable bonds is 3. The number of benzene rings is 1. The van der Waals surface area contributed by atoms with Crippen LogP contribution in [0.4, 0.5) is 0 Å². The number of hydrogen-bond donors (Lipinski definition) is 1. The van der Waals surface area contributed by atoms with Crippen LogP contribution in [0.15, 0.2) is 27.2 Å². The fourth-order valence-corrected chi connectivity index (χ4v) is 1.94. The molecular formula is C12H13BrClN3O. The van der Waals surface area contributed by atoms with Gasteiger partial charge in [-0.25, -0.2) is 0 Å². The molecule has 2 aromatic rings. The van der Waals surface area contributed by atoms with E-state index < -0.39 is 5.54 Å². The molecule has 0 aliphatic carbocycles. The monoisotopic (exact) mass is 329 g/mol. The Morgan fingerprint density at radius 1 is 1.50 bits per heavy atom. The number of aromatic nitrogens is 2. The lowest BCUT2D eigenvalue weighted by Crippen LogP contribution is -2.33. The summed E-state index contributed by atoms with van der Waals surface area (Å²) < 4.78 is 6.12. The summed E-state index contributed by atoms with van der Waals surface area (Å²) in [6.07, 6.45) is 0.720. The first-order valence-corrected chi connectivity index (χ1v) is 6.69. The third-order valence-corrected chi connectivity index (χ3v) is 3.65. The fourth-order valence-electron chi connectivity index (χ4n) is 1.38. The normalized spacial score (nSPS) is 14.5. The van der Waals surface area contributed by atoms with Gasteiger partial charge in [-0.15, -0.1) is 0 Å². The summed E-state index contributed by atoms with van der Waals surface area (Å²) in [5.74, 6) is 0.859. The Hall–Kier alpha value is -0.910. The van der Waals surface area contributed by atoms with Crippen LogP contribution in [0, 0.1) is 0 Å². The van der Waals surface area contributed by atoms with Crippen molar-refractivity contribution in [3.63, 3.8) is 0 Å². The number of nitrogens with zero attached hydrogens (tertiary/aromatic N) is 2. The first-order valence-electron chi connectivity index (χ1n) is 5.52. The summed E-state index contributed by atoms with van der Waals surface area (Å²) >= 11 is 9.49. The van der Waals surface area contributed by atoms with Crippen LogP contribution < -0.4 is 5.73 Å². The second-order valence-corrected chi connectivity index (χ2v) is 5.64. The molecular weight excluding hydrogens is 318 g/mol. The van der Waals surface area contributed by atoms with Crippen LogP contribution in [-0.2, 0) is 5.54 Å². The Kier molecular flexibility index (Phi) is 3.75. The average molecular weight is 331 g/mol. The van der Waals surface area contributed by atoms with Crippen LogP contribution in [0.5, 0.6) is 0 Å². The molecule has 18 heavy (non-hydrogen) atoms. The molecule has 1 heterocycles. The molecule has 0 saturated heterocycles. The third kappa shape index (κ3) is 2.58. The minimum absolute atomic E-state index is 0.376. The van der Waals surface area contributed by atoms with E-state index in [0.717, 1.165) is 10.9 Å². The molecule has 2 rings (SSSR count). The average Bonchev–Trinajstić information content (AvgIpc) is 2.82. The van der Waals surface area contributed by atoms with Gasteiger partial charge < -0.3 is 10.3 Å². The van der Waals surface area contributed by atoms with Crippen LogP contribution in [0.1, 0.15) is 26.1 Å². The zero-order chi connectivity index (χ0) is 13.3. The smallest absolute Gasteiger partial charge is 0.259 e. The third-order valence-electron chi connectivity index (χ3n) is 2.83. The second kappa shape index (κ2) is 4.99. The van der Waals surface area contributed by atoms with Gasteiger partial charge in [-0.2, -0.15) is 4.98 Å². The first-order chi connectivity index (χ1) is 8.44. The van der Waals surface area contributed by atoms with Crippen LogP contribution in [0.3, 0.4) is 0 Å². The van der Waals surface area contributed by atoms with Crippen molar-refractivity contribution in [2.24, 2.45) is 5.73 Å². The molecule has 1 atom stereocenters. The predicted octanol–water partition coefficient (Wildman–Crippen LogP) is 3.74. The summed E-state index contributed by atoms with van der Waals surface area (Å²) in [6, 6.07) is 5.45. The van der Waals surface area contributed by atoms with E-state index in [0.29, 0.717) is 22.3 Å². The van der Waals surface area contributed by atoms with Crippen molar-refractivity contribution in [3.8, 4) is 11.5 Å². The minimum atomic E-state index is -0.597. The molecule has 2 N–H and O–H groups in total. The minimum Gasteiger partial charge on any atom is -0.334 e. The van der Waals surface area contributed by atoms with Crippen LogP contribution in [0.25, 0.3) is 11.5 Å². The summed E-state index contributed by atoms with van der Waals surface area (Å²) in [5.41, 5.74) is 6.16. The summed E-state index contributed by atoms with van der Waals surface area (Å²) in [7, 11) is 0. The highest BCUT2D eigenvalue weighted by Crippen LogP contribution is 2.30. The van der Waals surface area contributed by atoms with Gasteiger partial charge in [0.2, 0.25) is 0 Å². The van der Waals surface area contributed by atoms with Crippen LogP contribution in [0.2, 0.25) is 5.02 Å². The molecule has 0 aliphatic rings. The topological polar surface area (TPSA) is 64.9 Å². The molecule has 0 aliphatic heterocycles. The highest BCUT2D eigenvalue weighted by Gasteiger charge is 2.26. The van der Waals surface area contributed by atoms with Gasteiger partial charge in [0.05, 0.1) is 16.1 Å². The molecule has 1 aromatic heterocycles. The second-order valence-electron chi connectivity index (χ2n) is 4.32. The van der Waals surface area contributed by atoms with Gasteiger partial charge in [0, 0.05) is 4.47 Å². The van der Waals surface area contributed by atoms with Crippen molar-refractivity contribution in [3.05, 3.63) is 33.5 Å². The van der Waals surface area contributed by atoms with Gasteiger partial charge in [0.15, 0.2) is 5.82 Å². The van der Waals surface area contributed by atoms with Crippen LogP contribution >= 0.6 is 27.5 Å². The lowest BCUT2D eigenvalue weighted by atomic mass is 10.00. The van der Waals surface area contributed by atoms with E-state index in [-0.39, 0.29) is 0 Å². The molecule has 0 bridgehead atoms. The molecule has 1 unspecified atom stereocenters. The lowest BCUT2D eigenvalue weighted by molar-refractivity contribution is 0.379. The van der Waals surface area contributed by atoms with E-state index >= 15 is 0 Å². The van der Waals surface area contributed by atoms with E-state index in [2.05, 4.69) is 26.1 Å². The van der Waals surface area contributed by atoms with Crippen molar-refractivity contribution in [2.75, 3.05) is 0 Å². The first kappa shape index (κ1) is 13.5. The highest BCUT2D eigenvalue weighted by atomic mass is 79.9. The van der Waals surface area contributed by atoms with E-state index in [1.807, 2.05) is 26.0 Å². The molecule has 0 fully saturated rings. The summed E-state index contributed by atoms with van der Waals surface area (Å²) in [5, 5.41) is 4.48. The van der Waals surface area contributed by atoms with E-state index in [4.69, 9.17) is 21.9 Å². The Morgan fingerprint density at radius 3 is 2.89 bits per heavy atom. The number of nitrogens with two attached hydrogens (primary N) is 1. The van der Waals surface area contributed by atoms with Gasteiger partial charge >= 0.3 is 0 Å². The zero-order valence-corrected chi connectivity index (χ0v) is 12.4. The molecule has 1 aromatic carbocycles. The molecule has 0 spiro atoms. The van der Waals surface area contributed by atoms with Crippen molar-refractivity contribution in [1.82, 2.24) is 10.1 Å². The van der Waals surface area contributed by atoms with Crippen molar-refractivity contribution in [2.45, 2.75) is 25.8 Å². The number of halogens is 2. The Balaban J connectivity index is 2.44. The zero-order valence-electron chi connectivity index (χ0n) is 10.1. The predicted molar refractivity (Wildman–Crippen MR) is 74.3 cm³/mol. The summed E-state index contributed by atoms with van der Waals surface area (Å²) in [4.78, 5) is 4.32. The lowest BCUT2D eigenvalue weighted by Gasteiger charge is -2.16. The van der Waals surface area contributed by atoms with E-state index in [1.165, 1.54) is 0 Å². The molecule has 96 valence electrons. The molecule has 4 nitrogen and oxygen atoms in total. The van der Waals surface area contributed by atoms with Crippen molar-refractivity contribution in [1.29, 1.82) is 0 Å². The standard InChI is InChI=1S/C12H13BrClN3O/c1-3-12(2,15)11-16-10(18-17-11)8-6-7(13)4-5-9(8)14/h4-6H,3,15H2,1-2H3. The maximum Gasteiger partial charge on any atom is 0.259 e. The summed E-state index contributed by atoms with van der Waals surface area (Å²) in [6.45, 7) is 3.84. The quantitative estimate of drug-likeness (QED) is 0.931. The van der Waals surface area contributed by atoms with Crippen LogP contribution in [-0.4, -0.2) is 10.1 Å². The molecule has 0 saturated carbocycles. The Labute approximate surface area is 119 Å². The largest absolute Gasteiger partial charge is 0.334 e. The fraction of sp³-hybridized carbons (Fsp3) is 0.333. The van der Waals surface area contributed by atoms with Gasteiger partial charge in [0.25, 0.3) is 5.89 Å². The maximum atomic E-state index is 6.11. The Bertz CT molecular complexity index is 568. The van der Waals surface area contributed by atoms with Gasteiger partial charge in [0.1, 0.15) is 0 Å². The number of hydrogen-bond acceptors (Lipinski definition) is 4. The van der Waals surface area contributed by atoms with E-state index in [9.17, 15) is 0 Å². The van der Waals surface area contributed by atoms with E-state index in [1.54, 1.807) is 6.07 Å². The van der Waals surface area contributed by atoms with Gasteiger partial charge in [-0.1, -0.05) is 39.6 Å². The maximum absolute atomic E-state index is 6.11.